The normalized spacial score (nSPS) is 10.3. The van der Waals surface area contributed by atoms with Crippen LogP contribution in [0, 0.1) is 0 Å². The molecule has 2 nitrogen and oxygen atoms in total. The van der Waals surface area contributed by atoms with E-state index < -0.39 is 0 Å². The van der Waals surface area contributed by atoms with Crippen LogP contribution in [0.5, 0.6) is 0 Å². The predicted octanol–water partition coefficient (Wildman–Crippen LogP) is 3.49. The molecule has 1 heterocycles. The zero-order valence-electron chi connectivity index (χ0n) is 8.44. The van der Waals surface area contributed by atoms with Crippen LogP contribution in [-0.4, -0.2) is 9.55 Å². The third kappa shape index (κ3) is 2.02. The Kier molecular flexibility index (Phi) is 2.73. The Bertz CT molecular complexity index is 483. The second-order valence-corrected chi connectivity index (χ2v) is 4.23. The largest absolute Gasteiger partial charge is 0.333 e. The molecule has 0 aliphatic carbocycles. The number of halogens is 1. The summed E-state index contributed by atoms with van der Waals surface area (Å²) in [5.74, 6) is 0.956. The summed E-state index contributed by atoms with van der Waals surface area (Å²) in [6.07, 6.45) is 3.72. The Labute approximate surface area is 97.4 Å². The molecule has 0 saturated heterocycles. The van der Waals surface area contributed by atoms with E-state index in [1.165, 1.54) is 0 Å². The van der Waals surface area contributed by atoms with E-state index in [2.05, 4.69) is 27.5 Å². The monoisotopic (exact) mass is 262 g/mol. The van der Waals surface area contributed by atoms with Gasteiger partial charge >= 0.3 is 0 Å². The highest BCUT2D eigenvalue weighted by molar-refractivity contribution is 9.10. The van der Waals surface area contributed by atoms with Gasteiger partial charge in [0.1, 0.15) is 5.82 Å². The van der Waals surface area contributed by atoms with Gasteiger partial charge in [-0.3, -0.25) is 0 Å². The highest BCUT2D eigenvalue weighted by atomic mass is 79.9. The molecule has 0 unspecified atom stereocenters. The lowest BCUT2D eigenvalue weighted by atomic mass is 10.2. The van der Waals surface area contributed by atoms with Gasteiger partial charge in [0, 0.05) is 23.3 Å². The molecule has 0 atom stereocenters. The van der Waals surface area contributed by atoms with Crippen LogP contribution in [0.15, 0.2) is 41.5 Å². The number of rotatable bonds is 2. The molecule has 0 aliphatic heterocycles. The standard InChI is InChI=1S/C12H11BrN2/c1-3-11-8-15(2)12(14-11)9-4-6-10(13)7-5-9/h3-8H,1H2,2H3. The summed E-state index contributed by atoms with van der Waals surface area (Å²) in [5, 5.41) is 0. The Morgan fingerprint density at radius 3 is 2.53 bits per heavy atom. The third-order valence-electron chi connectivity index (χ3n) is 2.21. The van der Waals surface area contributed by atoms with Gasteiger partial charge in [0.15, 0.2) is 0 Å². The molecule has 0 spiro atoms. The molecule has 1 aromatic heterocycles. The van der Waals surface area contributed by atoms with Crippen LogP contribution in [-0.2, 0) is 7.05 Å². The SMILES string of the molecule is C=Cc1cn(C)c(-c2ccc(Br)cc2)n1. The van der Waals surface area contributed by atoms with Gasteiger partial charge in [-0.15, -0.1) is 0 Å². The highest BCUT2D eigenvalue weighted by Gasteiger charge is 2.05. The first-order valence-corrected chi connectivity index (χ1v) is 5.42. The Balaban J connectivity index is 2.48. The van der Waals surface area contributed by atoms with Crippen molar-refractivity contribution in [2.75, 3.05) is 0 Å². The molecule has 0 radical (unpaired) electrons. The molecule has 0 aliphatic rings. The van der Waals surface area contributed by atoms with Gasteiger partial charge < -0.3 is 4.57 Å². The van der Waals surface area contributed by atoms with Crippen molar-refractivity contribution in [2.24, 2.45) is 7.05 Å². The van der Waals surface area contributed by atoms with Crippen LogP contribution in [0.25, 0.3) is 17.5 Å². The van der Waals surface area contributed by atoms with Crippen molar-refractivity contribution in [1.82, 2.24) is 9.55 Å². The number of hydrogen-bond donors (Lipinski definition) is 0. The summed E-state index contributed by atoms with van der Waals surface area (Å²) in [6.45, 7) is 3.71. The van der Waals surface area contributed by atoms with E-state index in [1.807, 2.05) is 42.1 Å². The summed E-state index contributed by atoms with van der Waals surface area (Å²) in [5.41, 5.74) is 2.00. The Morgan fingerprint density at radius 2 is 2.00 bits per heavy atom. The maximum absolute atomic E-state index is 4.46. The molecular weight excluding hydrogens is 252 g/mol. The maximum atomic E-state index is 4.46. The van der Waals surface area contributed by atoms with Gasteiger partial charge in [0.2, 0.25) is 0 Å². The van der Waals surface area contributed by atoms with E-state index in [0.29, 0.717) is 0 Å². The van der Waals surface area contributed by atoms with E-state index in [4.69, 9.17) is 0 Å². The highest BCUT2D eigenvalue weighted by Crippen LogP contribution is 2.20. The predicted molar refractivity (Wildman–Crippen MR) is 66.4 cm³/mol. The van der Waals surface area contributed by atoms with Gasteiger partial charge in [-0.2, -0.15) is 0 Å². The lowest BCUT2D eigenvalue weighted by Crippen LogP contribution is -1.90. The van der Waals surface area contributed by atoms with Crippen LogP contribution in [0.2, 0.25) is 0 Å². The first-order chi connectivity index (χ1) is 7.20. The molecule has 2 rings (SSSR count). The lowest BCUT2D eigenvalue weighted by molar-refractivity contribution is 0.924. The quantitative estimate of drug-likeness (QED) is 0.810. The number of hydrogen-bond acceptors (Lipinski definition) is 1. The van der Waals surface area contributed by atoms with Gasteiger partial charge in [-0.05, 0) is 18.2 Å². The lowest BCUT2D eigenvalue weighted by Gasteiger charge is -2.00. The fraction of sp³-hybridized carbons (Fsp3) is 0.0833. The van der Waals surface area contributed by atoms with Crippen molar-refractivity contribution in [3.05, 3.63) is 47.2 Å². The maximum Gasteiger partial charge on any atom is 0.140 e. The Morgan fingerprint density at radius 1 is 1.33 bits per heavy atom. The van der Waals surface area contributed by atoms with Crippen LogP contribution in [0.4, 0.5) is 0 Å². The molecule has 15 heavy (non-hydrogen) atoms. The van der Waals surface area contributed by atoms with Crippen LogP contribution < -0.4 is 0 Å². The van der Waals surface area contributed by atoms with E-state index in [0.717, 1.165) is 21.6 Å². The minimum absolute atomic E-state index is 0.899. The first-order valence-electron chi connectivity index (χ1n) is 4.62. The van der Waals surface area contributed by atoms with E-state index in [9.17, 15) is 0 Å². The van der Waals surface area contributed by atoms with E-state index >= 15 is 0 Å². The van der Waals surface area contributed by atoms with Crippen LogP contribution in [0.1, 0.15) is 5.69 Å². The number of benzene rings is 1. The molecule has 0 amide bonds. The van der Waals surface area contributed by atoms with Crippen LogP contribution >= 0.6 is 15.9 Å². The average molecular weight is 263 g/mol. The minimum atomic E-state index is 0.899. The second-order valence-electron chi connectivity index (χ2n) is 3.31. The van der Waals surface area contributed by atoms with E-state index in [1.54, 1.807) is 6.08 Å². The molecule has 0 bridgehead atoms. The summed E-state index contributed by atoms with van der Waals surface area (Å²) < 4.78 is 3.07. The molecule has 0 N–H and O–H groups in total. The minimum Gasteiger partial charge on any atom is -0.333 e. The second kappa shape index (κ2) is 4.03. The summed E-state index contributed by atoms with van der Waals surface area (Å²) in [6, 6.07) is 8.10. The van der Waals surface area contributed by atoms with Crippen molar-refractivity contribution in [2.45, 2.75) is 0 Å². The number of nitrogens with zero attached hydrogens (tertiary/aromatic N) is 2. The van der Waals surface area contributed by atoms with Crippen molar-refractivity contribution in [1.29, 1.82) is 0 Å². The average Bonchev–Trinajstić information content (AvgIpc) is 2.61. The molecule has 0 saturated carbocycles. The summed E-state index contributed by atoms with van der Waals surface area (Å²) in [7, 11) is 1.98. The smallest absolute Gasteiger partial charge is 0.140 e. The van der Waals surface area contributed by atoms with Gasteiger partial charge in [0.25, 0.3) is 0 Å². The molecule has 1 aromatic carbocycles. The third-order valence-corrected chi connectivity index (χ3v) is 2.74. The molecule has 0 fully saturated rings. The molecule has 76 valence electrons. The van der Waals surface area contributed by atoms with Crippen molar-refractivity contribution >= 4 is 22.0 Å². The number of imidazole rings is 1. The summed E-state index contributed by atoms with van der Waals surface area (Å²) in [4.78, 5) is 4.46. The van der Waals surface area contributed by atoms with E-state index in [-0.39, 0.29) is 0 Å². The van der Waals surface area contributed by atoms with Gasteiger partial charge in [0.05, 0.1) is 5.69 Å². The van der Waals surface area contributed by atoms with Crippen LogP contribution in [0.3, 0.4) is 0 Å². The van der Waals surface area contributed by atoms with Crippen molar-refractivity contribution in [3.63, 3.8) is 0 Å². The van der Waals surface area contributed by atoms with Gasteiger partial charge in [-0.25, -0.2) is 4.98 Å². The zero-order valence-corrected chi connectivity index (χ0v) is 10.0. The zero-order chi connectivity index (χ0) is 10.8. The Hall–Kier alpha value is -1.35. The topological polar surface area (TPSA) is 17.8 Å². The van der Waals surface area contributed by atoms with Crippen molar-refractivity contribution in [3.8, 4) is 11.4 Å². The van der Waals surface area contributed by atoms with Crippen molar-refractivity contribution < 1.29 is 0 Å². The summed E-state index contributed by atoms with van der Waals surface area (Å²) >= 11 is 3.41. The fourth-order valence-electron chi connectivity index (χ4n) is 1.46. The molecular formula is C12H11BrN2. The number of aromatic nitrogens is 2. The number of aryl methyl sites for hydroxylation is 1. The first kappa shape index (κ1) is 10.2. The molecule has 2 aromatic rings. The fourth-order valence-corrected chi connectivity index (χ4v) is 1.72. The van der Waals surface area contributed by atoms with Gasteiger partial charge in [-0.1, -0.05) is 34.6 Å². The molecule has 3 heteroatoms.